The fourth-order valence-corrected chi connectivity index (χ4v) is 5.16. The van der Waals surface area contributed by atoms with Crippen LogP contribution in [0.5, 0.6) is 0 Å². The van der Waals surface area contributed by atoms with E-state index in [1.54, 1.807) is 6.33 Å². The number of carbonyl (C=O) groups is 1. The van der Waals surface area contributed by atoms with Crippen molar-refractivity contribution in [2.24, 2.45) is 11.8 Å². The minimum Gasteiger partial charge on any atom is -0.335 e. The minimum absolute atomic E-state index is 0.0126. The molecule has 8 heteroatoms. The molecular weight excluding hydrogens is 376 g/mol. The summed E-state index contributed by atoms with van der Waals surface area (Å²) < 4.78 is 0. The number of rotatable bonds is 3. The Kier molecular flexibility index (Phi) is 4.66. The van der Waals surface area contributed by atoms with Gasteiger partial charge in [0.2, 0.25) is 0 Å². The van der Waals surface area contributed by atoms with Crippen LogP contribution in [0.4, 0.5) is 4.79 Å². The van der Waals surface area contributed by atoms with Crippen molar-refractivity contribution in [2.75, 3.05) is 6.54 Å². The second-order valence-electron chi connectivity index (χ2n) is 8.01. The van der Waals surface area contributed by atoms with Crippen molar-refractivity contribution in [3.8, 4) is 0 Å². The smallest absolute Gasteiger partial charge is 0.317 e. The van der Waals surface area contributed by atoms with Gasteiger partial charge in [-0.25, -0.2) is 20.2 Å². The molecule has 0 radical (unpaired) electrons. The molecule has 2 amide bonds. The molecular formula is C20H23ClN6O. The van der Waals surface area contributed by atoms with E-state index in [-0.39, 0.29) is 18.1 Å². The predicted molar refractivity (Wildman–Crippen MR) is 105 cm³/mol. The molecule has 5 atom stereocenters. The number of amides is 2. The van der Waals surface area contributed by atoms with E-state index in [1.807, 2.05) is 41.6 Å². The average molecular weight is 399 g/mol. The van der Waals surface area contributed by atoms with Crippen LogP contribution in [0.25, 0.3) is 0 Å². The van der Waals surface area contributed by atoms with E-state index in [9.17, 15) is 4.79 Å². The van der Waals surface area contributed by atoms with E-state index in [1.165, 1.54) is 0 Å². The highest BCUT2D eigenvalue weighted by molar-refractivity contribution is 6.30. The van der Waals surface area contributed by atoms with Crippen LogP contribution < -0.4 is 16.2 Å². The minimum atomic E-state index is 0.0126. The SMILES string of the molecule is O=C1NC2CC3NNC(c4cncnc4)C3CC2CN1Cc1cccc(Cl)c1. The van der Waals surface area contributed by atoms with Gasteiger partial charge in [0, 0.05) is 48.2 Å². The zero-order valence-electron chi connectivity index (χ0n) is 15.4. The first kappa shape index (κ1) is 17.8. The van der Waals surface area contributed by atoms with Crippen molar-refractivity contribution >= 4 is 17.6 Å². The summed E-state index contributed by atoms with van der Waals surface area (Å²) in [6.45, 7) is 1.35. The molecule has 1 aliphatic carbocycles. The number of hydrazine groups is 1. The lowest BCUT2D eigenvalue weighted by molar-refractivity contribution is 0.0961. The Morgan fingerprint density at radius 2 is 2.00 bits per heavy atom. The van der Waals surface area contributed by atoms with Crippen LogP contribution in [0.2, 0.25) is 5.02 Å². The number of nitrogens with one attached hydrogen (secondary N) is 3. The zero-order valence-corrected chi connectivity index (χ0v) is 16.1. The molecule has 1 saturated carbocycles. The molecule has 0 bridgehead atoms. The highest BCUT2D eigenvalue weighted by atomic mass is 35.5. The van der Waals surface area contributed by atoms with Gasteiger partial charge in [-0.15, -0.1) is 0 Å². The van der Waals surface area contributed by atoms with E-state index >= 15 is 0 Å². The van der Waals surface area contributed by atoms with Gasteiger partial charge >= 0.3 is 6.03 Å². The number of urea groups is 1. The van der Waals surface area contributed by atoms with Crippen molar-refractivity contribution in [1.29, 1.82) is 0 Å². The normalized spacial score (nSPS) is 31.8. The second-order valence-corrected chi connectivity index (χ2v) is 8.44. The lowest BCUT2D eigenvalue weighted by Gasteiger charge is -2.45. The molecule has 7 nitrogen and oxygen atoms in total. The van der Waals surface area contributed by atoms with Gasteiger partial charge in [-0.1, -0.05) is 23.7 Å². The lowest BCUT2D eigenvalue weighted by atomic mass is 9.71. The van der Waals surface area contributed by atoms with Crippen LogP contribution >= 0.6 is 11.6 Å². The van der Waals surface area contributed by atoms with Gasteiger partial charge in [0.25, 0.3) is 0 Å². The molecule has 3 N–H and O–H groups in total. The van der Waals surface area contributed by atoms with E-state index in [0.717, 1.165) is 30.5 Å². The standard InChI is InChI=1S/C20H23ClN6O/c21-15-3-1-2-12(4-15)9-27-10-13-5-16-18(6-17(13)24-20(27)28)25-26-19(16)14-7-22-11-23-8-14/h1-4,7-8,11,13,16-19,25-26H,5-6,9-10H2,(H,24,28). The highest BCUT2D eigenvalue weighted by Crippen LogP contribution is 2.41. The van der Waals surface area contributed by atoms with Crippen LogP contribution in [0, 0.1) is 11.8 Å². The quantitative estimate of drug-likeness (QED) is 0.738. The number of hydrogen-bond acceptors (Lipinski definition) is 5. The summed E-state index contributed by atoms with van der Waals surface area (Å²) >= 11 is 6.10. The third-order valence-electron chi connectivity index (χ3n) is 6.27. The summed E-state index contributed by atoms with van der Waals surface area (Å²) in [4.78, 5) is 22.9. The van der Waals surface area contributed by atoms with Crippen LogP contribution in [-0.2, 0) is 6.54 Å². The number of aromatic nitrogens is 2. The maximum absolute atomic E-state index is 12.6. The van der Waals surface area contributed by atoms with Crippen LogP contribution in [0.15, 0.2) is 43.0 Å². The molecule has 28 heavy (non-hydrogen) atoms. The van der Waals surface area contributed by atoms with Crippen molar-refractivity contribution in [3.05, 3.63) is 59.1 Å². The van der Waals surface area contributed by atoms with Crippen molar-refractivity contribution in [1.82, 2.24) is 31.0 Å². The van der Waals surface area contributed by atoms with Gasteiger partial charge in [0.05, 0.1) is 6.04 Å². The van der Waals surface area contributed by atoms with Gasteiger partial charge < -0.3 is 10.2 Å². The molecule has 1 aromatic heterocycles. The van der Waals surface area contributed by atoms with E-state index < -0.39 is 0 Å². The fraction of sp³-hybridized carbons (Fsp3) is 0.450. The van der Waals surface area contributed by atoms with E-state index in [0.29, 0.717) is 29.4 Å². The molecule has 3 fully saturated rings. The Balaban J connectivity index is 1.31. The molecule has 146 valence electrons. The first-order valence-electron chi connectivity index (χ1n) is 9.73. The molecule has 5 rings (SSSR count). The Morgan fingerprint density at radius 3 is 2.82 bits per heavy atom. The topological polar surface area (TPSA) is 82.2 Å². The Hall–Kier alpha value is -2.22. The summed E-state index contributed by atoms with van der Waals surface area (Å²) in [5.74, 6) is 0.877. The first-order valence-corrected chi connectivity index (χ1v) is 10.1. The largest absolute Gasteiger partial charge is 0.335 e. The molecule has 2 aromatic rings. The number of fused-ring (bicyclic) bond motifs is 2. The maximum atomic E-state index is 12.6. The molecule has 5 unspecified atom stereocenters. The predicted octanol–water partition coefficient (Wildman–Crippen LogP) is 2.27. The Bertz CT molecular complexity index is 865. The van der Waals surface area contributed by atoms with E-state index in [2.05, 4.69) is 26.1 Å². The number of benzene rings is 1. The Morgan fingerprint density at radius 1 is 1.14 bits per heavy atom. The van der Waals surface area contributed by atoms with Gasteiger partial charge in [-0.2, -0.15) is 0 Å². The summed E-state index contributed by atoms with van der Waals surface area (Å²) in [6, 6.07) is 8.48. The molecule has 3 aliphatic rings. The maximum Gasteiger partial charge on any atom is 0.317 e. The molecule has 1 aromatic carbocycles. The molecule has 3 heterocycles. The van der Waals surface area contributed by atoms with Gasteiger partial charge in [0.1, 0.15) is 6.33 Å². The third kappa shape index (κ3) is 3.34. The third-order valence-corrected chi connectivity index (χ3v) is 6.51. The summed E-state index contributed by atoms with van der Waals surface area (Å²) in [7, 11) is 0. The summed E-state index contributed by atoms with van der Waals surface area (Å²) in [6.07, 6.45) is 7.30. The van der Waals surface area contributed by atoms with Gasteiger partial charge in [0.15, 0.2) is 0 Å². The average Bonchev–Trinajstić information content (AvgIpc) is 3.10. The van der Waals surface area contributed by atoms with E-state index in [4.69, 9.17) is 11.6 Å². The fourth-order valence-electron chi connectivity index (χ4n) is 4.95. The zero-order chi connectivity index (χ0) is 19.1. The van der Waals surface area contributed by atoms with Crippen LogP contribution in [0.3, 0.4) is 0 Å². The van der Waals surface area contributed by atoms with Crippen LogP contribution in [-0.4, -0.2) is 39.5 Å². The van der Waals surface area contributed by atoms with Crippen LogP contribution in [0.1, 0.15) is 30.0 Å². The van der Waals surface area contributed by atoms with Crippen molar-refractivity contribution in [3.63, 3.8) is 0 Å². The molecule has 2 saturated heterocycles. The number of carbonyl (C=O) groups excluding carboxylic acids is 1. The lowest BCUT2D eigenvalue weighted by Crippen LogP contribution is -2.60. The van der Waals surface area contributed by atoms with Gasteiger partial charge in [-0.3, -0.25) is 5.43 Å². The number of nitrogens with zero attached hydrogens (tertiary/aromatic N) is 3. The number of hydrogen-bond donors (Lipinski definition) is 3. The summed E-state index contributed by atoms with van der Waals surface area (Å²) in [5.41, 5.74) is 9.01. The number of halogens is 1. The van der Waals surface area contributed by atoms with Crippen molar-refractivity contribution < 1.29 is 4.79 Å². The molecule has 2 aliphatic heterocycles. The monoisotopic (exact) mass is 398 g/mol. The first-order chi connectivity index (χ1) is 13.7. The second kappa shape index (κ2) is 7.31. The molecule has 0 spiro atoms. The highest BCUT2D eigenvalue weighted by Gasteiger charge is 2.47. The summed E-state index contributed by atoms with van der Waals surface area (Å²) in [5, 5.41) is 3.93. The van der Waals surface area contributed by atoms with Crippen molar-refractivity contribution in [2.45, 2.75) is 37.5 Å². The van der Waals surface area contributed by atoms with Gasteiger partial charge in [-0.05, 0) is 42.4 Å². The Labute approximate surface area is 168 Å².